The number of nitrogens with one attached hydrogen (secondary N) is 1. The summed E-state index contributed by atoms with van der Waals surface area (Å²) < 4.78 is 5.69. The quantitative estimate of drug-likeness (QED) is 0.664. The maximum Gasteiger partial charge on any atom is 0.119 e. The van der Waals surface area contributed by atoms with E-state index in [-0.39, 0.29) is 0 Å². The first-order valence-electron chi connectivity index (χ1n) is 7.21. The lowest BCUT2D eigenvalue weighted by Crippen LogP contribution is -2.24. The van der Waals surface area contributed by atoms with Gasteiger partial charge in [0, 0.05) is 12.6 Å². The van der Waals surface area contributed by atoms with Crippen molar-refractivity contribution in [3.8, 4) is 5.75 Å². The van der Waals surface area contributed by atoms with Gasteiger partial charge in [-0.3, -0.25) is 0 Å². The van der Waals surface area contributed by atoms with Crippen LogP contribution in [-0.4, -0.2) is 12.6 Å². The van der Waals surface area contributed by atoms with E-state index < -0.39 is 0 Å². The summed E-state index contributed by atoms with van der Waals surface area (Å²) in [6, 6.07) is 9.00. The highest BCUT2D eigenvalue weighted by atomic mass is 16.5. The molecule has 1 rings (SSSR count). The van der Waals surface area contributed by atoms with Gasteiger partial charge in [0.2, 0.25) is 0 Å². The number of benzene rings is 1. The number of rotatable bonds is 9. The number of hydrogen-bond acceptors (Lipinski definition) is 2. The fourth-order valence-electron chi connectivity index (χ4n) is 1.68. The van der Waals surface area contributed by atoms with Crippen LogP contribution in [0.4, 0.5) is 0 Å². The van der Waals surface area contributed by atoms with Crippen LogP contribution in [0, 0.1) is 0 Å². The van der Waals surface area contributed by atoms with Crippen molar-refractivity contribution < 1.29 is 4.74 Å². The topological polar surface area (TPSA) is 21.3 Å². The molecule has 0 fully saturated rings. The summed E-state index contributed by atoms with van der Waals surface area (Å²) in [5.41, 5.74) is 1.32. The molecule has 0 aliphatic rings. The van der Waals surface area contributed by atoms with Crippen LogP contribution >= 0.6 is 0 Å². The predicted octanol–water partition coefficient (Wildman–Crippen LogP) is 4.14. The lowest BCUT2D eigenvalue weighted by molar-refractivity contribution is 0.306. The average molecular weight is 249 g/mol. The van der Waals surface area contributed by atoms with Gasteiger partial charge in [0.1, 0.15) is 5.75 Å². The van der Waals surface area contributed by atoms with E-state index in [1.165, 1.54) is 24.8 Å². The summed E-state index contributed by atoms with van der Waals surface area (Å²) >= 11 is 0. The van der Waals surface area contributed by atoms with Crippen molar-refractivity contribution >= 4 is 0 Å². The monoisotopic (exact) mass is 249 g/mol. The zero-order valence-corrected chi connectivity index (χ0v) is 12.0. The van der Waals surface area contributed by atoms with Gasteiger partial charge in [-0.15, -0.1) is 0 Å². The van der Waals surface area contributed by atoms with Crippen LogP contribution in [0.15, 0.2) is 24.3 Å². The summed E-state index contributed by atoms with van der Waals surface area (Å²) in [4.78, 5) is 0. The molecule has 0 aliphatic carbocycles. The number of unbranched alkanes of at least 4 members (excludes halogenated alkanes) is 2. The molecule has 1 aromatic carbocycles. The Morgan fingerprint density at radius 1 is 1.11 bits per heavy atom. The molecular weight excluding hydrogens is 222 g/mol. The van der Waals surface area contributed by atoms with Crippen molar-refractivity contribution in [1.82, 2.24) is 5.32 Å². The van der Waals surface area contributed by atoms with Crippen LogP contribution in [0.5, 0.6) is 5.75 Å². The zero-order chi connectivity index (χ0) is 13.2. The molecule has 1 aromatic rings. The highest BCUT2D eigenvalue weighted by molar-refractivity contribution is 5.27. The summed E-state index contributed by atoms with van der Waals surface area (Å²) in [5.74, 6) is 0.985. The molecule has 0 heterocycles. The van der Waals surface area contributed by atoms with Gasteiger partial charge in [0.25, 0.3) is 0 Å². The maximum absolute atomic E-state index is 5.69. The van der Waals surface area contributed by atoms with Crippen LogP contribution in [0.1, 0.15) is 52.0 Å². The molecule has 0 spiro atoms. The Hall–Kier alpha value is -1.02. The third kappa shape index (κ3) is 6.06. The smallest absolute Gasteiger partial charge is 0.119 e. The zero-order valence-electron chi connectivity index (χ0n) is 12.0. The van der Waals surface area contributed by atoms with E-state index in [2.05, 4.69) is 50.4 Å². The molecular formula is C16H27NO. The van der Waals surface area contributed by atoms with E-state index in [1.54, 1.807) is 0 Å². The molecule has 0 aliphatic heterocycles. The molecule has 2 heteroatoms. The summed E-state index contributed by atoms with van der Waals surface area (Å²) in [5, 5.41) is 3.49. The van der Waals surface area contributed by atoms with Gasteiger partial charge in [-0.25, -0.2) is 0 Å². The van der Waals surface area contributed by atoms with E-state index in [0.717, 1.165) is 25.3 Å². The molecule has 0 saturated carbocycles. The Bertz CT molecular complexity index is 307. The first-order chi connectivity index (χ1) is 8.76. The second-order valence-corrected chi connectivity index (χ2v) is 4.89. The second kappa shape index (κ2) is 8.98. The minimum absolute atomic E-state index is 0.579. The van der Waals surface area contributed by atoms with Crippen molar-refractivity contribution in [2.45, 2.75) is 59.0 Å². The fraction of sp³-hybridized carbons (Fsp3) is 0.625. The highest BCUT2D eigenvalue weighted by Gasteiger charge is 1.99. The molecule has 0 saturated heterocycles. The van der Waals surface area contributed by atoms with Crippen LogP contribution < -0.4 is 10.1 Å². The summed E-state index contributed by atoms with van der Waals surface area (Å²) in [6.07, 6.45) is 4.80. The Labute approximate surface area is 112 Å². The number of ether oxygens (including phenoxy) is 1. The van der Waals surface area contributed by atoms with Crippen LogP contribution in [0.3, 0.4) is 0 Å². The van der Waals surface area contributed by atoms with Crippen molar-refractivity contribution in [2.24, 2.45) is 0 Å². The third-order valence-corrected chi connectivity index (χ3v) is 3.21. The van der Waals surface area contributed by atoms with Gasteiger partial charge >= 0.3 is 0 Å². The molecule has 0 amide bonds. The molecule has 0 aromatic heterocycles. The van der Waals surface area contributed by atoms with E-state index in [4.69, 9.17) is 4.74 Å². The molecule has 18 heavy (non-hydrogen) atoms. The Kier molecular flexibility index (Phi) is 7.51. The molecule has 0 bridgehead atoms. The van der Waals surface area contributed by atoms with Gasteiger partial charge in [-0.05, 0) is 37.5 Å². The average Bonchev–Trinajstić information content (AvgIpc) is 2.42. The number of hydrogen-bond donors (Lipinski definition) is 1. The normalized spacial score (nSPS) is 12.4. The van der Waals surface area contributed by atoms with Crippen molar-refractivity contribution in [2.75, 3.05) is 6.61 Å². The van der Waals surface area contributed by atoms with Crippen molar-refractivity contribution in [3.63, 3.8) is 0 Å². The lowest BCUT2D eigenvalue weighted by Gasteiger charge is -2.11. The Morgan fingerprint density at radius 2 is 1.83 bits per heavy atom. The minimum Gasteiger partial charge on any atom is -0.494 e. The molecule has 2 nitrogen and oxygen atoms in total. The SMILES string of the molecule is CCCCCOc1ccc(CNC(C)CC)cc1. The predicted molar refractivity (Wildman–Crippen MR) is 78.1 cm³/mol. The van der Waals surface area contributed by atoms with E-state index in [1.807, 2.05) is 0 Å². The van der Waals surface area contributed by atoms with Crippen LogP contribution in [-0.2, 0) is 6.54 Å². The molecule has 1 unspecified atom stereocenters. The Morgan fingerprint density at radius 3 is 2.44 bits per heavy atom. The van der Waals surface area contributed by atoms with Gasteiger partial charge in [-0.2, -0.15) is 0 Å². The van der Waals surface area contributed by atoms with Gasteiger partial charge in [-0.1, -0.05) is 38.8 Å². The Balaban J connectivity index is 2.28. The van der Waals surface area contributed by atoms with Crippen molar-refractivity contribution in [3.05, 3.63) is 29.8 Å². The minimum atomic E-state index is 0.579. The van der Waals surface area contributed by atoms with E-state index in [0.29, 0.717) is 6.04 Å². The van der Waals surface area contributed by atoms with E-state index in [9.17, 15) is 0 Å². The first-order valence-corrected chi connectivity index (χ1v) is 7.21. The highest BCUT2D eigenvalue weighted by Crippen LogP contribution is 2.13. The lowest BCUT2D eigenvalue weighted by atomic mass is 10.2. The maximum atomic E-state index is 5.69. The largest absolute Gasteiger partial charge is 0.494 e. The van der Waals surface area contributed by atoms with Gasteiger partial charge in [0.05, 0.1) is 6.61 Å². The van der Waals surface area contributed by atoms with Crippen LogP contribution in [0.2, 0.25) is 0 Å². The standard InChI is InChI=1S/C16H27NO/c1-4-6-7-12-18-16-10-8-15(9-11-16)13-17-14(3)5-2/h8-11,14,17H,4-7,12-13H2,1-3H3. The second-order valence-electron chi connectivity index (χ2n) is 4.89. The fourth-order valence-corrected chi connectivity index (χ4v) is 1.68. The third-order valence-electron chi connectivity index (χ3n) is 3.21. The van der Waals surface area contributed by atoms with Gasteiger partial charge in [0.15, 0.2) is 0 Å². The molecule has 102 valence electrons. The van der Waals surface area contributed by atoms with E-state index >= 15 is 0 Å². The van der Waals surface area contributed by atoms with Crippen LogP contribution in [0.25, 0.3) is 0 Å². The molecule has 1 atom stereocenters. The first kappa shape index (κ1) is 15.0. The summed E-state index contributed by atoms with van der Waals surface area (Å²) in [7, 11) is 0. The molecule has 0 radical (unpaired) electrons. The molecule has 1 N–H and O–H groups in total. The summed E-state index contributed by atoms with van der Waals surface area (Å²) in [6.45, 7) is 8.39. The van der Waals surface area contributed by atoms with Crippen molar-refractivity contribution in [1.29, 1.82) is 0 Å². The van der Waals surface area contributed by atoms with Gasteiger partial charge < -0.3 is 10.1 Å².